The maximum Gasteiger partial charge on any atom is 0.236 e. The first kappa shape index (κ1) is 14.8. The molecule has 2 heterocycles. The van der Waals surface area contributed by atoms with Crippen molar-refractivity contribution in [2.45, 2.75) is 39.0 Å². The van der Waals surface area contributed by atoms with Crippen LogP contribution in [-0.2, 0) is 9.53 Å². The van der Waals surface area contributed by atoms with Gasteiger partial charge in [0.15, 0.2) is 0 Å². The van der Waals surface area contributed by atoms with Crippen LogP contribution >= 0.6 is 0 Å². The Morgan fingerprint density at radius 2 is 2.00 bits per heavy atom. The van der Waals surface area contributed by atoms with Gasteiger partial charge in [-0.15, -0.1) is 0 Å². The van der Waals surface area contributed by atoms with E-state index in [0.717, 1.165) is 45.8 Å². The maximum atomic E-state index is 12.2. The summed E-state index contributed by atoms with van der Waals surface area (Å²) in [6.45, 7) is 8.50. The van der Waals surface area contributed by atoms with E-state index in [1.165, 1.54) is 25.7 Å². The summed E-state index contributed by atoms with van der Waals surface area (Å²) in [7, 11) is 0. The average Bonchev–Trinajstić information content (AvgIpc) is 2.88. The van der Waals surface area contributed by atoms with E-state index in [4.69, 9.17) is 4.74 Å². The van der Waals surface area contributed by atoms with Gasteiger partial charge in [-0.25, -0.2) is 0 Å². The van der Waals surface area contributed by atoms with E-state index in [-0.39, 0.29) is 0 Å². The van der Waals surface area contributed by atoms with Crippen LogP contribution in [0.25, 0.3) is 0 Å². The normalized spacial score (nSPS) is 24.9. The van der Waals surface area contributed by atoms with Gasteiger partial charge in [0, 0.05) is 26.2 Å². The van der Waals surface area contributed by atoms with E-state index in [1.807, 2.05) is 4.90 Å². The standard InChI is InChI=1S/C15H28N2O2/c1-2-10-19-13-14-6-9-16(11-14)12-15(18)17-7-4-3-5-8-17/h14H,2-13H2,1H3. The van der Waals surface area contributed by atoms with Crippen LogP contribution < -0.4 is 0 Å². The van der Waals surface area contributed by atoms with E-state index in [9.17, 15) is 4.79 Å². The van der Waals surface area contributed by atoms with Crippen molar-refractivity contribution in [1.82, 2.24) is 9.80 Å². The summed E-state index contributed by atoms with van der Waals surface area (Å²) in [4.78, 5) is 16.5. The molecular formula is C15H28N2O2. The molecule has 110 valence electrons. The predicted octanol–water partition coefficient (Wildman–Crippen LogP) is 1.75. The van der Waals surface area contributed by atoms with Gasteiger partial charge in [0.1, 0.15) is 0 Å². The van der Waals surface area contributed by atoms with Gasteiger partial charge in [-0.2, -0.15) is 0 Å². The van der Waals surface area contributed by atoms with Gasteiger partial charge >= 0.3 is 0 Å². The van der Waals surface area contributed by atoms with Crippen molar-refractivity contribution in [2.24, 2.45) is 5.92 Å². The van der Waals surface area contributed by atoms with Crippen molar-refractivity contribution in [1.29, 1.82) is 0 Å². The van der Waals surface area contributed by atoms with Crippen LogP contribution in [0.5, 0.6) is 0 Å². The summed E-state index contributed by atoms with van der Waals surface area (Å²) >= 11 is 0. The fraction of sp³-hybridized carbons (Fsp3) is 0.933. The highest BCUT2D eigenvalue weighted by Gasteiger charge is 2.26. The first-order valence-electron chi connectivity index (χ1n) is 7.87. The molecule has 2 aliphatic rings. The molecule has 1 unspecified atom stereocenters. The SMILES string of the molecule is CCCOCC1CCN(CC(=O)N2CCCCC2)C1. The van der Waals surface area contributed by atoms with Gasteiger partial charge in [0.05, 0.1) is 13.2 Å². The molecule has 0 aromatic heterocycles. The number of likely N-dealkylation sites (tertiary alicyclic amines) is 2. The van der Waals surface area contributed by atoms with E-state index in [0.29, 0.717) is 18.4 Å². The zero-order chi connectivity index (χ0) is 13.5. The second-order valence-corrected chi connectivity index (χ2v) is 5.91. The van der Waals surface area contributed by atoms with E-state index in [2.05, 4.69) is 11.8 Å². The Hall–Kier alpha value is -0.610. The molecule has 0 aliphatic carbocycles. The lowest BCUT2D eigenvalue weighted by Crippen LogP contribution is -2.42. The first-order valence-corrected chi connectivity index (χ1v) is 7.87. The van der Waals surface area contributed by atoms with E-state index in [1.54, 1.807) is 0 Å². The number of carbonyl (C=O) groups is 1. The van der Waals surface area contributed by atoms with Crippen molar-refractivity contribution in [3.05, 3.63) is 0 Å². The molecule has 2 rings (SSSR count). The summed E-state index contributed by atoms with van der Waals surface area (Å²) in [5, 5.41) is 0. The lowest BCUT2D eigenvalue weighted by molar-refractivity contribution is -0.133. The third-order valence-corrected chi connectivity index (χ3v) is 4.14. The molecule has 1 atom stereocenters. The molecule has 2 aliphatic heterocycles. The summed E-state index contributed by atoms with van der Waals surface area (Å²) in [6, 6.07) is 0. The monoisotopic (exact) mass is 268 g/mol. The third kappa shape index (κ3) is 4.77. The summed E-state index contributed by atoms with van der Waals surface area (Å²) in [5.74, 6) is 0.954. The Labute approximate surface area is 117 Å². The van der Waals surface area contributed by atoms with Gasteiger partial charge in [0.25, 0.3) is 0 Å². The van der Waals surface area contributed by atoms with Gasteiger partial charge < -0.3 is 9.64 Å². The third-order valence-electron chi connectivity index (χ3n) is 4.14. The van der Waals surface area contributed by atoms with Gasteiger partial charge in [-0.3, -0.25) is 9.69 Å². The van der Waals surface area contributed by atoms with Crippen LogP contribution in [0.1, 0.15) is 39.0 Å². The molecule has 19 heavy (non-hydrogen) atoms. The van der Waals surface area contributed by atoms with Crippen LogP contribution in [0.4, 0.5) is 0 Å². The Morgan fingerprint density at radius 3 is 2.74 bits per heavy atom. The van der Waals surface area contributed by atoms with Crippen LogP contribution in [0.2, 0.25) is 0 Å². The summed E-state index contributed by atoms with van der Waals surface area (Å²) < 4.78 is 5.61. The number of ether oxygens (including phenoxy) is 1. The second kappa shape index (κ2) is 7.85. The molecule has 0 spiro atoms. The fourth-order valence-corrected chi connectivity index (χ4v) is 3.02. The van der Waals surface area contributed by atoms with E-state index >= 15 is 0 Å². The zero-order valence-electron chi connectivity index (χ0n) is 12.3. The van der Waals surface area contributed by atoms with Gasteiger partial charge in [-0.1, -0.05) is 6.92 Å². The zero-order valence-corrected chi connectivity index (χ0v) is 12.3. The van der Waals surface area contributed by atoms with Crippen molar-refractivity contribution >= 4 is 5.91 Å². The number of rotatable bonds is 6. The molecule has 2 saturated heterocycles. The Morgan fingerprint density at radius 1 is 1.21 bits per heavy atom. The molecular weight excluding hydrogens is 240 g/mol. The molecule has 2 fully saturated rings. The minimum absolute atomic E-state index is 0.329. The molecule has 4 nitrogen and oxygen atoms in total. The van der Waals surface area contributed by atoms with Crippen molar-refractivity contribution in [3.8, 4) is 0 Å². The number of amides is 1. The van der Waals surface area contributed by atoms with Crippen molar-refractivity contribution in [3.63, 3.8) is 0 Å². The fourth-order valence-electron chi connectivity index (χ4n) is 3.02. The molecule has 0 N–H and O–H groups in total. The first-order chi connectivity index (χ1) is 9.29. The van der Waals surface area contributed by atoms with E-state index < -0.39 is 0 Å². The van der Waals surface area contributed by atoms with Crippen molar-refractivity contribution in [2.75, 3.05) is 45.9 Å². The highest BCUT2D eigenvalue weighted by molar-refractivity contribution is 5.78. The lowest BCUT2D eigenvalue weighted by atomic mass is 10.1. The lowest BCUT2D eigenvalue weighted by Gasteiger charge is -2.28. The van der Waals surface area contributed by atoms with Crippen LogP contribution in [0.3, 0.4) is 0 Å². The van der Waals surface area contributed by atoms with Crippen LogP contribution in [0.15, 0.2) is 0 Å². The van der Waals surface area contributed by atoms with Crippen molar-refractivity contribution < 1.29 is 9.53 Å². The van der Waals surface area contributed by atoms with Crippen LogP contribution in [0, 0.1) is 5.92 Å². The molecule has 0 radical (unpaired) electrons. The number of piperidine rings is 1. The smallest absolute Gasteiger partial charge is 0.236 e. The van der Waals surface area contributed by atoms with Crippen LogP contribution in [-0.4, -0.2) is 61.6 Å². The molecule has 1 amide bonds. The average molecular weight is 268 g/mol. The highest BCUT2D eigenvalue weighted by Crippen LogP contribution is 2.17. The Bertz CT molecular complexity index is 277. The Kier molecular flexibility index (Phi) is 6.11. The molecule has 4 heteroatoms. The minimum atomic E-state index is 0.329. The number of carbonyl (C=O) groups excluding carboxylic acids is 1. The predicted molar refractivity (Wildman–Crippen MR) is 76.1 cm³/mol. The quantitative estimate of drug-likeness (QED) is 0.688. The molecule has 0 aromatic rings. The highest BCUT2D eigenvalue weighted by atomic mass is 16.5. The number of hydrogen-bond acceptors (Lipinski definition) is 3. The summed E-state index contributed by atoms with van der Waals surface area (Å²) in [6.07, 6.45) is 5.91. The minimum Gasteiger partial charge on any atom is -0.381 e. The largest absolute Gasteiger partial charge is 0.381 e. The second-order valence-electron chi connectivity index (χ2n) is 5.91. The number of hydrogen-bond donors (Lipinski definition) is 0. The summed E-state index contributed by atoms with van der Waals surface area (Å²) in [5.41, 5.74) is 0. The Balaban J connectivity index is 1.65. The van der Waals surface area contributed by atoms with Gasteiger partial charge in [-0.05, 0) is 44.6 Å². The topological polar surface area (TPSA) is 32.8 Å². The maximum absolute atomic E-state index is 12.2. The molecule has 0 bridgehead atoms. The number of nitrogens with zero attached hydrogens (tertiary/aromatic N) is 2. The molecule has 0 saturated carbocycles. The van der Waals surface area contributed by atoms with Gasteiger partial charge in [0.2, 0.25) is 5.91 Å². The molecule has 0 aromatic carbocycles.